The van der Waals surface area contributed by atoms with Crippen molar-refractivity contribution >= 4 is 41.8 Å². The predicted molar refractivity (Wildman–Crippen MR) is 96.6 cm³/mol. The van der Waals surface area contributed by atoms with Gasteiger partial charge in [0.25, 0.3) is 0 Å². The fraction of sp³-hybridized carbons (Fsp3) is 0.222. The molecule has 0 radical (unpaired) electrons. The van der Waals surface area contributed by atoms with Gasteiger partial charge in [-0.05, 0) is 0 Å². The molecule has 3 rings (SSSR count). The monoisotopic (exact) mass is 373 g/mol. The van der Waals surface area contributed by atoms with Crippen molar-refractivity contribution in [3.8, 4) is 5.75 Å². The van der Waals surface area contributed by atoms with Crippen LogP contribution in [-0.4, -0.2) is 39.1 Å². The van der Waals surface area contributed by atoms with Crippen LogP contribution in [0.5, 0.6) is 5.75 Å². The summed E-state index contributed by atoms with van der Waals surface area (Å²) in [5.74, 6) is 4.85. The van der Waals surface area contributed by atoms with E-state index >= 15 is 0 Å². The van der Waals surface area contributed by atoms with Crippen LogP contribution in [0.1, 0.15) is 5.82 Å². The Morgan fingerprint density at radius 1 is 1.09 bits per heavy atom. The molecule has 0 aliphatic heterocycles. The molecule has 4 nitrogen and oxygen atoms in total. The Kier molecular flexibility index (Phi) is 4.51. The zero-order valence-corrected chi connectivity index (χ0v) is 15.4. The summed E-state index contributed by atoms with van der Waals surface area (Å²) in [7, 11) is 3.76. The van der Waals surface area contributed by atoms with Crippen LogP contribution in [0.2, 0.25) is 5.82 Å². The zero-order valence-electron chi connectivity index (χ0n) is 13.7. The first kappa shape index (κ1) is 15.8. The summed E-state index contributed by atoms with van der Waals surface area (Å²) in [4.78, 5) is 11.3. The summed E-state index contributed by atoms with van der Waals surface area (Å²) in [6.45, 7) is 1.93. The number of ether oxygens (including phenoxy) is 1. The summed E-state index contributed by atoms with van der Waals surface area (Å²) < 4.78 is 6.69. The first-order valence-electron chi connectivity index (χ1n) is 7.33. The quantitative estimate of drug-likeness (QED) is 0.660. The molecule has 118 valence electrons. The van der Waals surface area contributed by atoms with E-state index in [0.717, 1.165) is 34.0 Å². The molecule has 0 N–H and O–H groups in total. The molecule has 3 aromatic rings. The third kappa shape index (κ3) is 3.03. The van der Waals surface area contributed by atoms with Crippen molar-refractivity contribution in [1.29, 1.82) is 0 Å². The van der Waals surface area contributed by atoms with E-state index in [-0.39, 0.29) is 0 Å². The molecular weight excluding hydrogens is 353 g/mol. The van der Waals surface area contributed by atoms with Crippen molar-refractivity contribution in [3.63, 3.8) is 0 Å². The minimum absolute atomic E-state index is 0.367. The first-order valence-corrected chi connectivity index (χ1v) is 9.90. The van der Waals surface area contributed by atoms with Gasteiger partial charge in [0, 0.05) is 0 Å². The molecule has 0 saturated heterocycles. The number of aryl methyl sites for hydroxylation is 1. The molecule has 23 heavy (non-hydrogen) atoms. The van der Waals surface area contributed by atoms with Gasteiger partial charge in [0.2, 0.25) is 0 Å². The summed E-state index contributed by atoms with van der Waals surface area (Å²) in [5, 5.41) is 1.06. The summed E-state index contributed by atoms with van der Waals surface area (Å²) in [5.41, 5.74) is 2.07. The molecule has 0 saturated carbocycles. The second-order valence-corrected chi connectivity index (χ2v) is 6.99. The molecule has 5 heteroatoms. The van der Waals surface area contributed by atoms with E-state index in [1.54, 1.807) is 7.11 Å². The SMILES string of the molecule is COc1ccc(N(C)c2nc(C)nc3ccccc23)cc1[Se]C. The maximum atomic E-state index is 5.44. The molecule has 0 amide bonds. The molecule has 0 fully saturated rings. The van der Waals surface area contributed by atoms with Gasteiger partial charge >= 0.3 is 142 Å². The molecular formula is C18H19N3OSe. The van der Waals surface area contributed by atoms with E-state index in [0.29, 0.717) is 15.0 Å². The number of methoxy groups -OCH3 is 1. The van der Waals surface area contributed by atoms with Gasteiger partial charge in [-0.1, -0.05) is 0 Å². The number of aromatic nitrogens is 2. The van der Waals surface area contributed by atoms with Crippen molar-refractivity contribution in [2.45, 2.75) is 12.7 Å². The van der Waals surface area contributed by atoms with Crippen LogP contribution in [0.15, 0.2) is 42.5 Å². The van der Waals surface area contributed by atoms with E-state index in [4.69, 9.17) is 4.74 Å². The second-order valence-electron chi connectivity index (χ2n) is 5.21. The molecule has 0 aliphatic carbocycles. The van der Waals surface area contributed by atoms with Gasteiger partial charge in [-0.3, -0.25) is 0 Å². The standard InChI is InChI=1S/C18H19N3OSe/c1-12-19-15-8-6-5-7-14(15)18(20-12)21(2)13-9-10-16(22-3)17(11-13)23-4/h5-11H,1-4H3. The molecule has 2 aromatic carbocycles. The first-order chi connectivity index (χ1) is 11.1. The van der Waals surface area contributed by atoms with E-state index in [1.807, 2.05) is 38.2 Å². The Morgan fingerprint density at radius 3 is 2.61 bits per heavy atom. The van der Waals surface area contributed by atoms with Crippen molar-refractivity contribution in [1.82, 2.24) is 9.97 Å². The fourth-order valence-electron chi connectivity index (χ4n) is 2.58. The molecule has 0 unspecified atom stereocenters. The predicted octanol–water partition coefficient (Wildman–Crippen LogP) is 3.09. The van der Waals surface area contributed by atoms with E-state index in [2.05, 4.69) is 38.9 Å². The Balaban J connectivity index is 2.12. The van der Waals surface area contributed by atoms with Gasteiger partial charge in [0.15, 0.2) is 0 Å². The van der Waals surface area contributed by atoms with Crippen LogP contribution in [0.25, 0.3) is 10.9 Å². The summed E-state index contributed by atoms with van der Waals surface area (Å²) in [6.07, 6.45) is 0. The van der Waals surface area contributed by atoms with Gasteiger partial charge in [0.1, 0.15) is 0 Å². The third-order valence-electron chi connectivity index (χ3n) is 3.77. The van der Waals surface area contributed by atoms with Crippen LogP contribution in [-0.2, 0) is 0 Å². The maximum absolute atomic E-state index is 5.44. The number of nitrogens with zero attached hydrogens (tertiary/aromatic N) is 3. The van der Waals surface area contributed by atoms with Crippen LogP contribution in [0.3, 0.4) is 0 Å². The number of fused-ring (bicyclic) bond motifs is 1. The normalized spacial score (nSPS) is 10.8. The van der Waals surface area contributed by atoms with Gasteiger partial charge in [0.05, 0.1) is 0 Å². The van der Waals surface area contributed by atoms with Gasteiger partial charge in [-0.25, -0.2) is 0 Å². The van der Waals surface area contributed by atoms with Crippen molar-refractivity contribution < 1.29 is 4.74 Å². The van der Waals surface area contributed by atoms with E-state index in [1.165, 1.54) is 4.46 Å². The van der Waals surface area contributed by atoms with Gasteiger partial charge in [-0.2, -0.15) is 0 Å². The van der Waals surface area contributed by atoms with Crippen LogP contribution >= 0.6 is 0 Å². The number of hydrogen-bond acceptors (Lipinski definition) is 4. The number of benzene rings is 2. The van der Waals surface area contributed by atoms with Crippen molar-refractivity contribution in [3.05, 3.63) is 48.3 Å². The number of hydrogen-bond donors (Lipinski definition) is 0. The van der Waals surface area contributed by atoms with Crippen LogP contribution in [0, 0.1) is 6.92 Å². The second kappa shape index (κ2) is 6.57. The minimum atomic E-state index is 0.367. The Morgan fingerprint density at radius 2 is 1.87 bits per heavy atom. The summed E-state index contributed by atoms with van der Waals surface area (Å²) in [6, 6.07) is 14.4. The zero-order chi connectivity index (χ0) is 16.4. The van der Waals surface area contributed by atoms with Crippen LogP contribution < -0.4 is 14.1 Å². The third-order valence-corrected chi connectivity index (χ3v) is 5.36. The molecule has 1 heterocycles. The molecule has 0 atom stereocenters. The molecule has 1 aromatic heterocycles. The van der Waals surface area contributed by atoms with Crippen LogP contribution in [0.4, 0.5) is 11.5 Å². The number of rotatable bonds is 4. The van der Waals surface area contributed by atoms with Gasteiger partial charge < -0.3 is 0 Å². The fourth-order valence-corrected chi connectivity index (χ4v) is 3.82. The number of anilines is 2. The molecule has 0 aliphatic rings. The average molecular weight is 372 g/mol. The average Bonchev–Trinajstić information content (AvgIpc) is 2.59. The Labute approximate surface area is 142 Å². The summed E-state index contributed by atoms with van der Waals surface area (Å²) >= 11 is 0.367. The Hall–Kier alpha value is -2.10. The van der Waals surface area contributed by atoms with Gasteiger partial charge in [-0.15, -0.1) is 0 Å². The molecule has 0 bridgehead atoms. The van der Waals surface area contributed by atoms with E-state index < -0.39 is 0 Å². The Bertz CT molecular complexity index is 851. The topological polar surface area (TPSA) is 38.2 Å². The van der Waals surface area contributed by atoms with Crippen molar-refractivity contribution in [2.24, 2.45) is 0 Å². The number of para-hydroxylation sites is 1. The van der Waals surface area contributed by atoms with E-state index in [9.17, 15) is 0 Å². The molecule has 0 spiro atoms. The van der Waals surface area contributed by atoms with Crippen molar-refractivity contribution in [2.75, 3.05) is 19.1 Å².